The third-order valence-electron chi connectivity index (χ3n) is 8.19. The van der Waals surface area contributed by atoms with Crippen LogP contribution in [0.4, 0.5) is 0 Å². The minimum Gasteiger partial charge on any atom is -0.0625 e. The van der Waals surface area contributed by atoms with E-state index in [0.29, 0.717) is 0 Å². The molecule has 0 aliphatic heterocycles. The van der Waals surface area contributed by atoms with Crippen molar-refractivity contribution in [1.82, 2.24) is 0 Å². The first-order chi connectivity index (χ1) is 13.3. The lowest BCUT2D eigenvalue weighted by Crippen LogP contribution is -2.16. The van der Waals surface area contributed by atoms with Gasteiger partial charge in [0.05, 0.1) is 0 Å². The second-order valence-corrected chi connectivity index (χ2v) is 11.5. The van der Waals surface area contributed by atoms with Gasteiger partial charge in [0.2, 0.25) is 0 Å². The van der Waals surface area contributed by atoms with Crippen LogP contribution in [0.25, 0.3) is 0 Å². The fourth-order valence-electron chi connectivity index (χ4n) is 5.55. The van der Waals surface area contributed by atoms with Gasteiger partial charge in [-0.3, -0.25) is 0 Å². The van der Waals surface area contributed by atoms with Crippen molar-refractivity contribution < 1.29 is 0 Å². The highest BCUT2D eigenvalue weighted by atomic mass is 14.3. The zero-order valence-corrected chi connectivity index (χ0v) is 20.9. The van der Waals surface area contributed by atoms with Crippen molar-refractivity contribution in [2.24, 2.45) is 41.4 Å². The molecule has 3 fully saturated rings. The minimum atomic E-state index is 0.924. The number of hydrogen-bond acceptors (Lipinski definition) is 0. The van der Waals surface area contributed by atoms with E-state index in [1.807, 2.05) is 0 Å². The Balaban J connectivity index is 0.000000212. The van der Waals surface area contributed by atoms with E-state index in [1.165, 1.54) is 89.9 Å². The molecule has 0 heterocycles. The Kier molecular flexibility index (Phi) is 13.9. The molecule has 0 bridgehead atoms. The first kappa shape index (κ1) is 26.0. The summed E-state index contributed by atoms with van der Waals surface area (Å²) in [5.74, 6) is 6.95. The van der Waals surface area contributed by atoms with E-state index in [0.717, 1.165) is 41.4 Å². The number of hydrogen-bond donors (Lipinski definition) is 0. The van der Waals surface area contributed by atoms with Crippen molar-refractivity contribution in [3.05, 3.63) is 0 Å². The standard InChI is InChI=1S/2C10H20.C8H16/c1-8(2)10-6-4-9(3)5-7-10;1-9(2)10-7-5-3-4-6-8-10;1-7(2)8-5-3-4-6-8/h8-10H,4-7H2,1-3H3;9-10H,3-8H2,1-2H3;7-8H,3-6H2,1-2H3. The highest BCUT2D eigenvalue weighted by Crippen LogP contribution is 2.33. The van der Waals surface area contributed by atoms with E-state index >= 15 is 0 Å². The van der Waals surface area contributed by atoms with Crippen LogP contribution in [-0.4, -0.2) is 0 Å². The van der Waals surface area contributed by atoms with Crippen molar-refractivity contribution in [1.29, 1.82) is 0 Å². The highest BCUT2D eigenvalue weighted by molar-refractivity contribution is 4.72. The van der Waals surface area contributed by atoms with Crippen molar-refractivity contribution in [2.75, 3.05) is 0 Å². The Hall–Kier alpha value is 0. The molecule has 0 amide bonds. The van der Waals surface area contributed by atoms with Crippen LogP contribution >= 0.6 is 0 Å². The fourth-order valence-corrected chi connectivity index (χ4v) is 5.55. The third kappa shape index (κ3) is 11.3. The first-order valence-electron chi connectivity index (χ1n) is 13.3. The van der Waals surface area contributed by atoms with E-state index in [9.17, 15) is 0 Å². The molecular formula is C28H56. The van der Waals surface area contributed by atoms with E-state index in [1.54, 1.807) is 0 Å². The smallest absolute Gasteiger partial charge is 0.0391 e. The molecule has 0 nitrogen and oxygen atoms in total. The van der Waals surface area contributed by atoms with E-state index < -0.39 is 0 Å². The lowest BCUT2D eigenvalue weighted by Gasteiger charge is -2.28. The summed E-state index contributed by atoms with van der Waals surface area (Å²) in [4.78, 5) is 0. The van der Waals surface area contributed by atoms with Crippen LogP contribution in [0.5, 0.6) is 0 Å². The maximum absolute atomic E-state index is 2.39. The molecule has 0 saturated heterocycles. The molecule has 3 rings (SSSR count). The molecule has 0 unspecified atom stereocenters. The van der Waals surface area contributed by atoms with Crippen LogP contribution < -0.4 is 0 Å². The second-order valence-electron chi connectivity index (χ2n) is 11.5. The molecule has 0 heteroatoms. The van der Waals surface area contributed by atoms with Crippen LogP contribution in [0.15, 0.2) is 0 Å². The molecule has 0 aromatic rings. The zero-order valence-electron chi connectivity index (χ0n) is 20.9. The van der Waals surface area contributed by atoms with Gasteiger partial charge in [-0.25, -0.2) is 0 Å². The average molecular weight is 393 g/mol. The first-order valence-corrected chi connectivity index (χ1v) is 13.3. The van der Waals surface area contributed by atoms with Crippen LogP contribution in [0.2, 0.25) is 0 Å². The Morgan fingerprint density at radius 2 is 0.679 bits per heavy atom. The van der Waals surface area contributed by atoms with Gasteiger partial charge < -0.3 is 0 Å². The molecule has 0 aromatic heterocycles. The van der Waals surface area contributed by atoms with Crippen molar-refractivity contribution in [2.45, 2.75) is 138 Å². The number of rotatable bonds is 3. The Morgan fingerprint density at radius 1 is 0.393 bits per heavy atom. The maximum Gasteiger partial charge on any atom is -0.0391 e. The van der Waals surface area contributed by atoms with Crippen LogP contribution in [0.3, 0.4) is 0 Å². The van der Waals surface area contributed by atoms with Gasteiger partial charge in [-0.05, 0) is 54.3 Å². The summed E-state index contributed by atoms with van der Waals surface area (Å²) in [6.07, 6.45) is 20.8. The SMILES string of the molecule is CC(C)C1CCCC1.CC(C)C1CCCCCC1.CC1CCC(C(C)C)CC1. The van der Waals surface area contributed by atoms with Crippen molar-refractivity contribution in [3.63, 3.8) is 0 Å². The molecule has 3 aliphatic carbocycles. The third-order valence-corrected chi connectivity index (χ3v) is 8.19. The summed E-state index contributed by atoms with van der Waals surface area (Å²) in [5.41, 5.74) is 0. The minimum absolute atomic E-state index is 0.924. The molecule has 3 aliphatic rings. The molecule has 28 heavy (non-hydrogen) atoms. The molecule has 168 valence electrons. The molecule has 0 N–H and O–H groups in total. The topological polar surface area (TPSA) is 0 Å². The largest absolute Gasteiger partial charge is 0.0625 e. The maximum atomic E-state index is 2.39. The highest BCUT2D eigenvalue weighted by Gasteiger charge is 2.20. The van der Waals surface area contributed by atoms with Gasteiger partial charge in [-0.1, -0.05) is 126 Å². The molecule has 0 atom stereocenters. The van der Waals surface area contributed by atoms with Crippen LogP contribution in [-0.2, 0) is 0 Å². The predicted octanol–water partition coefficient (Wildman–Crippen LogP) is 9.91. The van der Waals surface area contributed by atoms with Gasteiger partial charge in [0.1, 0.15) is 0 Å². The van der Waals surface area contributed by atoms with Crippen LogP contribution in [0, 0.1) is 41.4 Å². The summed E-state index contributed by atoms with van der Waals surface area (Å²) < 4.78 is 0. The van der Waals surface area contributed by atoms with Gasteiger partial charge in [-0.15, -0.1) is 0 Å². The molecule has 0 aromatic carbocycles. The van der Waals surface area contributed by atoms with Crippen molar-refractivity contribution in [3.8, 4) is 0 Å². The van der Waals surface area contributed by atoms with E-state index in [4.69, 9.17) is 0 Å². The zero-order chi connectivity index (χ0) is 20.9. The Labute approximate surface area is 180 Å². The van der Waals surface area contributed by atoms with Gasteiger partial charge in [-0.2, -0.15) is 0 Å². The average Bonchev–Trinajstić information content (AvgIpc) is 3.06. The molecular weight excluding hydrogens is 336 g/mol. The molecule has 3 saturated carbocycles. The van der Waals surface area contributed by atoms with Gasteiger partial charge >= 0.3 is 0 Å². The summed E-state index contributed by atoms with van der Waals surface area (Å²) in [6.45, 7) is 16.5. The normalized spacial score (nSPS) is 27.2. The van der Waals surface area contributed by atoms with Crippen LogP contribution in [0.1, 0.15) is 138 Å². The van der Waals surface area contributed by atoms with E-state index in [2.05, 4.69) is 48.5 Å². The summed E-state index contributed by atoms with van der Waals surface area (Å²) >= 11 is 0. The summed E-state index contributed by atoms with van der Waals surface area (Å²) in [6, 6.07) is 0. The fraction of sp³-hybridized carbons (Fsp3) is 1.00. The van der Waals surface area contributed by atoms with Crippen molar-refractivity contribution >= 4 is 0 Å². The predicted molar refractivity (Wildman–Crippen MR) is 129 cm³/mol. The molecule has 0 spiro atoms. The Morgan fingerprint density at radius 3 is 1.00 bits per heavy atom. The summed E-state index contributed by atoms with van der Waals surface area (Å²) in [7, 11) is 0. The van der Waals surface area contributed by atoms with Gasteiger partial charge in [0.15, 0.2) is 0 Å². The molecule has 0 radical (unpaired) electrons. The second kappa shape index (κ2) is 14.9. The van der Waals surface area contributed by atoms with E-state index in [-0.39, 0.29) is 0 Å². The quantitative estimate of drug-likeness (QED) is 0.419. The Bertz CT molecular complexity index is 331. The summed E-state index contributed by atoms with van der Waals surface area (Å²) in [5, 5.41) is 0. The lowest BCUT2D eigenvalue weighted by molar-refractivity contribution is 0.234. The van der Waals surface area contributed by atoms with Gasteiger partial charge in [0, 0.05) is 0 Å². The van der Waals surface area contributed by atoms with Gasteiger partial charge in [0.25, 0.3) is 0 Å². The monoisotopic (exact) mass is 392 g/mol. The lowest BCUT2D eigenvalue weighted by atomic mass is 9.78.